The summed E-state index contributed by atoms with van der Waals surface area (Å²) >= 11 is 12.2. The van der Waals surface area contributed by atoms with E-state index >= 15 is 0 Å². The zero-order valence-electron chi connectivity index (χ0n) is 18.4. The normalized spacial score (nSPS) is 17.3. The number of fused-ring (bicyclic) bond motifs is 1. The largest absolute Gasteiger partial charge is 0.482 e. The summed E-state index contributed by atoms with van der Waals surface area (Å²) in [5.74, 6) is 0.157. The van der Waals surface area contributed by atoms with Crippen molar-refractivity contribution in [2.75, 3.05) is 16.4 Å². The lowest BCUT2D eigenvalue weighted by molar-refractivity contribution is -0.121. The van der Waals surface area contributed by atoms with Crippen molar-refractivity contribution in [2.24, 2.45) is 0 Å². The smallest absolute Gasteiger partial charge is 0.265 e. The Hall–Kier alpha value is -3.02. The van der Waals surface area contributed by atoms with E-state index in [2.05, 4.69) is 0 Å². The summed E-state index contributed by atoms with van der Waals surface area (Å²) in [6, 6.07) is 21.8. The van der Waals surface area contributed by atoms with E-state index in [1.54, 1.807) is 34.9 Å². The molecule has 5 nitrogen and oxygen atoms in total. The van der Waals surface area contributed by atoms with E-state index in [0.29, 0.717) is 22.2 Å². The van der Waals surface area contributed by atoms with Crippen LogP contribution in [-0.2, 0) is 9.59 Å². The van der Waals surface area contributed by atoms with Gasteiger partial charge in [-0.25, -0.2) is 0 Å². The highest BCUT2D eigenvalue weighted by Crippen LogP contribution is 2.42. The van der Waals surface area contributed by atoms with Gasteiger partial charge in [-0.05, 0) is 55.3 Å². The maximum absolute atomic E-state index is 13.6. The van der Waals surface area contributed by atoms with E-state index in [-0.39, 0.29) is 30.5 Å². The molecule has 2 amide bonds. The van der Waals surface area contributed by atoms with Gasteiger partial charge in [-0.2, -0.15) is 0 Å². The number of carbonyl (C=O) groups excluding carboxylic acids is 2. The van der Waals surface area contributed by atoms with E-state index in [9.17, 15) is 9.59 Å². The van der Waals surface area contributed by atoms with Crippen LogP contribution < -0.4 is 14.5 Å². The van der Waals surface area contributed by atoms with Gasteiger partial charge in [-0.1, -0.05) is 59.6 Å². The summed E-state index contributed by atoms with van der Waals surface area (Å²) in [6.45, 7) is 3.37. The highest BCUT2D eigenvalue weighted by molar-refractivity contribution is 6.35. The quantitative estimate of drug-likeness (QED) is 0.429. The van der Waals surface area contributed by atoms with Crippen LogP contribution in [0.3, 0.4) is 0 Å². The van der Waals surface area contributed by atoms with Gasteiger partial charge < -0.3 is 14.5 Å². The van der Waals surface area contributed by atoms with Crippen LogP contribution in [0.1, 0.15) is 31.9 Å². The Morgan fingerprint density at radius 2 is 1.73 bits per heavy atom. The van der Waals surface area contributed by atoms with E-state index in [1.807, 2.05) is 61.5 Å². The van der Waals surface area contributed by atoms with Gasteiger partial charge in [0.2, 0.25) is 5.91 Å². The third-order valence-electron chi connectivity index (χ3n) is 5.76. The van der Waals surface area contributed by atoms with Crippen LogP contribution in [0.15, 0.2) is 72.8 Å². The molecule has 1 heterocycles. The van der Waals surface area contributed by atoms with Gasteiger partial charge in [0.15, 0.2) is 6.61 Å². The van der Waals surface area contributed by atoms with Crippen molar-refractivity contribution in [1.29, 1.82) is 0 Å². The van der Waals surface area contributed by atoms with Crippen molar-refractivity contribution >= 4 is 46.4 Å². The molecule has 4 rings (SSSR count). The Kier molecular flexibility index (Phi) is 6.91. The summed E-state index contributed by atoms with van der Waals surface area (Å²) < 4.78 is 5.77. The molecule has 0 aliphatic carbocycles. The summed E-state index contributed by atoms with van der Waals surface area (Å²) in [5.41, 5.74) is 2.51. The van der Waals surface area contributed by atoms with Crippen LogP contribution >= 0.6 is 23.2 Å². The molecule has 3 aromatic rings. The lowest BCUT2D eigenvalue weighted by atomic mass is 9.90. The molecule has 0 unspecified atom stereocenters. The third kappa shape index (κ3) is 4.85. The minimum absolute atomic E-state index is 0.0216. The van der Waals surface area contributed by atoms with Crippen LogP contribution in [0.5, 0.6) is 5.75 Å². The van der Waals surface area contributed by atoms with Gasteiger partial charge in [0.05, 0.1) is 11.1 Å². The Labute approximate surface area is 203 Å². The lowest BCUT2D eigenvalue weighted by Crippen LogP contribution is -2.48. The second-order valence-electron chi connectivity index (χ2n) is 8.01. The molecule has 7 heteroatoms. The van der Waals surface area contributed by atoms with Crippen molar-refractivity contribution in [3.8, 4) is 5.75 Å². The molecule has 3 aromatic carbocycles. The molecule has 0 N–H and O–H groups in total. The predicted octanol–water partition coefficient (Wildman–Crippen LogP) is 6.29. The maximum atomic E-state index is 13.6. The molecule has 170 valence electrons. The highest BCUT2D eigenvalue weighted by Gasteiger charge is 2.37. The van der Waals surface area contributed by atoms with Crippen molar-refractivity contribution < 1.29 is 14.3 Å². The Balaban J connectivity index is 1.70. The molecule has 33 heavy (non-hydrogen) atoms. The SMILES string of the molecule is CC(=O)N1c2ccccc2[C@H](N(C(=O)COc2ccc(Cl)cc2Cl)c2ccccc2)C[C@@H]1C. The number of benzene rings is 3. The van der Waals surface area contributed by atoms with Crippen molar-refractivity contribution in [1.82, 2.24) is 0 Å². The van der Waals surface area contributed by atoms with Crippen LogP contribution in [0.2, 0.25) is 10.0 Å². The van der Waals surface area contributed by atoms with Gasteiger partial charge in [0.25, 0.3) is 5.91 Å². The molecule has 1 aliphatic rings. The van der Waals surface area contributed by atoms with Crippen LogP contribution in [-0.4, -0.2) is 24.5 Å². The zero-order valence-corrected chi connectivity index (χ0v) is 19.9. The molecule has 2 atom stereocenters. The molecule has 0 saturated heterocycles. The second kappa shape index (κ2) is 9.86. The standard InChI is InChI=1S/C26H24Cl2N2O3/c1-17-14-24(21-10-6-7-11-23(21)29(17)18(2)31)30(20-8-4-3-5-9-20)26(32)16-33-25-13-12-19(27)15-22(25)28/h3-13,15,17,24H,14,16H2,1-2H3/t17-,24+/m0/s1. The van der Waals surface area contributed by atoms with Crippen molar-refractivity contribution in [2.45, 2.75) is 32.4 Å². The lowest BCUT2D eigenvalue weighted by Gasteiger charge is -2.43. The first kappa shape index (κ1) is 23.1. The number of hydrogen-bond acceptors (Lipinski definition) is 3. The topological polar surface area (TPSA) is 49.9 Å². The number of para-hydroxylation sites is 2. The number of amides is 2. The average Bonchev–Trinajstić information content (AvgIpc) is 2.79. The number of hydrogen-bond donors (Lipinski definition) is 0. The first-order valence-corrected chi connectivity index (χ1v) is 11.5. The monoisotopic (exact) mass is 482 g/mol. The number of ether oxygens (including phenoxy) is 1. The summed E-state index contributed by atoms with van der Waals surface area (Å²) in [5, 5.41) is 0.836. The molecule has 0 aromatic heterocycles. The van der Waals surface area contributed by atoms with E-state index < -0.39 is 0 Å². The van der Waals surface area contributed by atoms with E-state index in [4.69, 9.17) is 27.9 Å². The number of rotatable bonds is 5. The minimum Gasteiger partial charge on any atom is -0.482 e. The Morgan fingerprint density at radius 3 is 2.42 bits per heavy atom. The molecule has 0 bridgehead atoms. The summed E-state index contributed by atoms with van der Waals surface area (Å²) in [7, 11) is 0. The third-order valence-corrected chi connectivity index (χ3v) is 6.29. The number of carbonyl (C=O) groups is 2. The van der Waals surface area contributed by atoms with Gasteiger partial charge in [0.1, 0.15) is 5.75 Å². The fourth-order valence-corrected chi connectivity index (χ4v) is 4.86. The van der Waals surface area contributed by atoms with Gasteiger partial charge in [-0.15, -0.1) is 0 Å². The molecule has 1 aliphatic heterocycles. The molecule has 0 saturated carbocycles. The van der Waals surface area contributed by atoms with E-state index in [0.717, 1.165) is 16.9 Å². The second-order valence-corrected chi connectivity index (χ2v) is 8.85. The number of nitrogens with zero attached hydrogens (tertiary/aromatic N) is 2. The fraction of sp³-hybridized carbons (Fsp3) is 0.231. The molecular weight excluding hydrogens is 459 g/mol. The highest BCUT2D eigenvalue weighted by atomic mass is 35.5. The Morgan fingerprint density at radius 1 is 1.03 bits per heavy atom. The Bertz CT molecular complexity index is 1170. The molecular formula is C26H24Cl2N2O3. The number of halogens is 2. The molecule has 0 fully saturated rings. The van der Waals surface area contributed by atoms with Gasteiger partial charge in [-0.3, -0.25) is 9.59 Å². The first-order valence-electron chi connectivity index (χ1n) is 10.7. The van der Waals surface area contributed by atoms with Crippen molar-refractivity contribution in [3.05, 3.63) is 88.4 Å². The zero-order chi connectivity index (χ0) is 23.5. The maximum Gasteiger partial charge on any atom is 0.265 e. The predicted molar refractivity (Wildman–Crippen MR) is 132 cm³/mol. The molecule has 0 radical (unpaired) electrons. The first-order chi connectivity index (χ1) is 15.9. The van der Waals surface area contributed by atoms with Crippen LogP contribution in [0.25, 0.3) is 0 Å². The van der Waals surface area contributed by atoms with Crippen LogP contribution in [0.4, 0.5) is 11.4 Å². The molecule has 0 spiro atoms. The van der Waals surface area contributed by atoms with E-state index in [1.165, 1.54) is 0 Å². The average molecular weight is 483 g/mol. The van der Waals surface area contributed by atoms with Crippen LogP contribution in [0, 0.1) is 0 Å². The van der Waals surface area contributed by atoms with Crippen molar-refractivity contribution in [3.63, 3.8) is 0 Å². The summed E-state index contributed by atoms with van der Waals surface area (Å²) in [4.78, 5) is 29.5. The summed E-state index contributed by atoms with van der Waals surface area (Å²) in [6.07, 6.45) is 0.596. The van der Waals surface area contributed by atoms with Gasteiger partial charge in [0, 0.05) is 29.4 Å². The minimum atomic E-state index is -0.258. The van der Waals surface area contributed by atoms with Gasteiger partial charge >= 0.3 is 0 Å². The fourth-order valence-electron chi connectivity index (χ4n) is 4.39. The number of anilines is 2.